The Labute approximate surface area is 281 Å². The molecular weight excluding hydrogens is 603 g/mol. The minimum absolute atomic E-state index is 0.624. The average molecular weight is 632 g/mol. The second-order valence-electron chi connectivity index (χ2n) is 12.1. The molecule has 3 heterocycles. The van der Waals surface area contributed by atoms with E-state index in [1.165, 1.54) is 41.7 Å². The Morgan fingerprint density at radius 1 is 0.625 bits per heavy atom. The van der Waals surface area contributed by atoms with E-state index in [0.717, 1.165) is 44.6 Å². The first-order valence-corrected chi connectivity index (χ1v) is 16.9. The maximum absolute atomic E-state index is 10.5. The molecule has 9 aromatic rings. The predicted octanol–water partition coefficient (Wildman–Crippen LogP) is 12.3. The number of nitriles is 1. The lowest BCUT2D eigenvalue weighted by Crippen LogP contribution is -1.99. The minimum atomic E-state index is 0.624. The molecule has 0 unspecified atom stereocenters. The van der Waals surface area contributed by atoms with Gasteiger partial charge < -0.3 is 9.13 Å². The number of hydrogen-bond acceptors (Lipinski definition) is 2. The van der Waals surface area contributed by atoms with Crippen LogP contribution in [0.4, 0.5) is 0 Å². The van der Waals surface area contributed by atoms with Crippen molar-refractivity contribution in [1.82, 2.24) is 9.13 Å². The first-order valence-electron chi connectivity index (χ1n) is 16.1. The molecule has 0 spiro atoms. The summed E-state index contributed by atoms with van der Waals surface area (Å²) in [7, 11) is 0. The Morgan fingerprint density at radius 3 is 1.94 bits per heavy atom. The van der Waals surface area contributed by atoms with Gasteiger partial charge in [-0.05, 0) is 72.7 Å². The number of hydrogen-bond donors (Lipinski definition) is 0. The molecule has 9 rings (SSSR count). The zero-order valence-corrected chi connectivity index (χ0v) is 27.1. The van der Waals surface area contributed by atoms with Gasteiger partial charge in [-0.15, -0.1) is 11.3 Å². The summed E-state index contributed by atoms with van der Waals surface area (Å²) in [5.74, 6) is 0. The Morgan fingerprint density at radius 2 is 1.25 bits per heavy atom. The summed E-state index contributed by atoms with van der Waals surface area (Å²) < 4.78 is 7.03. The van der Waals surface area contributed by atoms with Crippen molar-refractivity contribution in [2.45, 2.75) is 6.92 Å². The fourth-order valence-electron chi connectivity index (χ4n) is 7.30. The fourth-order valence-corrected chi connectivity index (χ4v) is 8.43. The molecule has 3 nitrogen and oxygen atoms in total. The lowest BCUT2D eigenvalue weighted by Gasteiger charge is -2.13. The molecule has 226 valence electrons. The number of para-hydroxylation sites is 3. The third kappa shape index (κ3) is 4.19. The molecule has 0 radical (unpaired) electrons. The van der Waals surface area contributed by atoms with Crippen LogP contribution in [-0.2, 0) is 0 Å². The van der Waals surface area contributed by atoms with E-state index in [1.54, 1.807) is 0 Å². The van der Waals surface area contributed by atoms with Crippen LogP contribution in [0.3, 0.4) is 0 Å². The second kappa shape index (κ2) is 11.0. The lowest BCUT2D eigenvalue weighted by atomic mass is 10.0. The Bertz CT molecular complexity index is 2830. The maximum Gasteiger partial charge on any atom is 0.101 e. The predicted molar refractivity (Wildman–Crippen MR) is 206 cm³/mol. The van der Waals surface area contributed by atoms with Gasteiger partial charge in [-0.1, -0.05) is 97.6 Å². The molecule has 0 bridgehead atoms. The smallest absolute Gasteiger partial charge is 0.101 e. The van der Waals surface area contributed by atoms with Crippen LogP contribution >= 0.6 is 11.3 Å². The first kappa shape index (κ1) is 28.1. The molecule has 0 aliphatic heterocycles. The molecular formula is C44H29N3S. The summed E-state index contributed by atoms with van der Waals surface area (Å²) in [5, 5.41) is 17.8. The van der Waals surface area contributed by atoms with Gasteiger partial charge in [-0.3, -0.25) is 0 Å². The van der Waals surface area contributed by atoms with Crippen LogP contribution in [0.2, 0.25) is 0 Å². The Hall–Kier alpha value is -6.15. The van der Waals surface area contributed by atoms with Gasteiger partial charge in [0.25, 0.3) is 0 Å². The normalized spacial score (nSPS) is 12.4. The van der Waals surface area contributed by atoms with Crippen molar-refractivity contribution in [3.63, 3.8) is 0 Å². The maximum atomic E-state index is 10.5. The topological polar surface area (TPSA) is 33.6 Å². The van der Waals surface area contributed by atoms with E-state index >= 15 is 0 Å². The molecule has 3 aromatic heterocycles. The van der Waals surface area contributed by atoms with Gasteiger partial charge in [0.2, 0.25) is 0 Å². The number of thiophene rings is 1. The highest BCUT2D eigenvalue weighted by atomic mass is 32.1. The van der Waals surface area contributed by atoms with Crippen molar-refractivity contribution in [3.05, 3.63) is 163 Å². The van der Waals surface area contributed by atoms with Crippen molar-refractivity contribution in [2.75, 3.05) is 0 Å². The molecule has 0 N–H and O–H groups in total. The number of nitrogens with zero attached hydrogens (tertiary/aromatic N) is 3. The van der Waals surface area contributed by atoms with Crippen LogP contribution in [0.1, 0.15) is 18.1 Å². The number of aromatic nitrogens is 2. The van der Waals surface area contributed by atoms with E-state index in [4.69, 9.17) is 0 Å². The van der Waals surface area contributed by atoms with Crippen LogP contribution < -0.4 is 0 Å². The molecule has 0 aliphatic rings. The fraction of sp³-hybridized carbons (Fsp3) is 0.0227. The second-order valence-corrected chi connectivity index (χ2v) is 13.2. The number of benzene rings is 6. The van der Waals surface area contributed by atoms with Crippen LogP contribution in [0.5, 0.6) is 0 Å². The number of allylic oxidation sites excluding steroid dienone is 5. The third-order valence-electron chi connectivity index (χ3n) is 9.50. The zero-order chi connectivity index (χ0) is 32.4. The molecule has 0 saturated heterocycles. The van der Waals surface area contributed by atoms with Gasteiger partial charge in [0, 0.05) is 47.4 Å². The van der Waals surface area contributed by atoms with Crippen LogP contribution in [0.15, 0.2) is 152 Å². The molecule has 6 aromatic carbocycles. The quantitative estimate of drug-likeness (QED) is 0.174. The summed E-state index contributed by atoms with van der Waals surface area (Å²) in [6, 6.07) is 47.4. The van der Waals surface area contributed by atoms with Crippen LogP contribution in [0.25, 0.3) is 80.7 Å². The van der Waals surface area contributed by atoms with Crippen molar-refractivity contribution >= 4 is 86.4 Å². The van der Waals surface area contributed by atoms with Gasteiger partial charge in [0.05, 0.1) is 33.3 Å². The highest BCUT2D eigenvalue weighted by Gasteiger charge is 2.18. The van der Waals surface area contributed by atoms with Gasteiger partial charge in [0.15, 0.2) is 0 Å². The summed E-state index contributed by atoms with van der Waals surface area (Å²) >= 11 is 1.83. The van der Waals surface area contributed by atoms with Crippen molar-refractivity contribution in [1.29, 1.82) is 5.26 Å². The molecule has 0 amide bonds. The van der Waals surface area contributed by atoms with E-state index in [1.807, 2.05) is 24.3 Å². The van der Waals surface area contributed by atoms with Crippen molar-refractivity contribution < 1.29 is 0 Å². The minimum Gasteiger partial charge on any atom is -0.310 e. The highest BCUT2D eigenvalue weighted by molar-refractivity contribution is 7.25. The van der Waals surface area contributed by atoms with Gasteiger partial charge in [0.1, 0.15) is 6.07 Å². The van der Waals surface area contributed by atoms with Crippen molar-refractivity contribution in [3.8, 4) is 11.8 Å². The molecule has 0 atom stereocenters. The van der Waals surface area contributed by atoms with E-state index < -0.39 is 0 Å². The van der Waals surface area contributed by atoms with Gasteiger partial charge >= 0.3 is 0 Å². The summed E-state index contributed by atoms with van der Waals surface area (Å²) in [4.78, 5) is 0. The van der Waals surface area contributed by atoms with Gasteiger partial charge in [-0.25, -0.2) is 0 Å². The summed E-state index contributed by atoms with van der Waals surface area (Å²) in [6.45, 7) is 6.50. The first-order chi connectivity index (χ1) is 23.6. The summed E-state index contributed by atoms with van der Waals surface area (Å²) in [6.07, 6.45) is 6.25. The van der Waals surface area contributed by atoms with Crippen LogP contribution in [-0.4, -0.2) is 9.13 Å². The molecule has 0 saturated carbocycles. The Balaban J connectivity index is 1.15. The van der Waals surface area contributed by atoms with E-state index in [2.05, 4.69) is 161 Å². The van der Waals surface area contributed by atoms with E-state index in [0.29, 0.717) is 5.56 Å². The van der Waals surface area contributed by atoms with Gasteiger partial charge in [-0.2, -0.15) is 5.26 Å². The van der Waals surface area contributed by atoms with E-state index in [-0.39, 0.29) is 0 Å². The average Bonchev–Trinajstić information content (AvgIpc) is 3.78. The SMILES string of the molecule is C=C(/C=C\C(=C/C)c1ccc(-n2c3ccccc3c3cc4sc5ccccc5c4cc32)c(C#N)c1)n1c2ccccc2c2ccccc21. The molecule has 0 aliphatic carbocycles. The molecule has 4 heteroatoms. The van der Waals surface area contributed by atoms with Crippen LogP contribution in [0, 0.1) is 11.3 Å². The molecule has 48 heavy (non-hydrogen) atoms. The van der Waals surface area contributed by atoms with Crippen molar-refractivity contribution in [2.24, 2.45) is 0 Å². The lowest BCUT2D eigenvalue weighted by molar-refractivity contribution is 1.17. The highest BCUT2D eigenvalue weighted by Crippen LogP contribution is 2.41. The standard InChI is InChI=1S/C44H29N3S/c1-3-29(21-20-28(2)46-39-16-8-4-12-32(39)33-13-5-9-17-40(33)46)30-22-23-38(31(24-30)27-45)47-41-18-10-6-14-34(41)36-26-44-37(25-42(36)47)35-15-7-11-19-43(35)48-44/h3-26H,2H2,1H3/b21-20-,29-3+. The molecule has 0 fully saturated rings. The monoisotopic (exact) mass is 631 g/mol. The summed E-state index contributed by atoms with van der Waals surface area (Å²) in [5.41, 5.74) is 8.83. The largest absolute Gasteiger partial charge is 0.310 e. The Kier molecular flexibility index (Phi) is 6.43. The zero-order valence-electron chi connectivity index (χ0n) is 26.3. The van der Waals surface area contributed by atoms with E-state index in [9.17, 15) is 5.26 Å². The third-order valence-corrected chi connectivity index (χ3v) is 10.6. The number of rotatable bonds is 5. The number of fused-ring (bicyclic) bond motifs is 9.